The third-order valence-electron chi connectivity index (χ3n) is 21.3. The molecule has 2 atom stereocenters. The van der Waals surface area contributed by atoms with Crippen molar-refractivity contribution in [3.63, 3.8) is 0 Å². The van der Waals surface area contributed by atoms with Gasteiger partial charge >= 0.3 is 12.2 Å². The highest BCUT2D eigenvalue weighted by Gasteiger charge is 2.36. The van der Waals surface area contributed by atoms with Crippen LogP contribution in [0.25, 0.3) is 22.3 Å². The molecule has 14 heteroatoms. The molecule has 14 nitrogen and oxygen atoms in total. The van der Waals surface area contributed by atoms with Crippen molar-refractivity contribution in [3.05, 3.63) is 225 Å². The number of anilines is 4. The van der Waals surface area contributed by atoms with E-state index in [-0.39, 0.29) is 81.2 Å². The molecule has 6 N–H and O–H groups in total. The first kappa shape index (κ1) is 78.8. The number of unbranched alkanes of at least 4 members (excludes halogenated alkanes) is 22. The molecule has 2 aliphatic rings. The summed E-state index contributed by atoms with van der Waals surface area (Å²) in [5.74, 6) is -0.0845. The van der Waals surface area contributed by atoms with Crippen molar-refractivity contribution >= 4 is 58.1 Å². The lowest BCUT2D eigenvalue weighted by Crippen LogP contribution is -2.25. The number of amides is 2. The van der Waals surface area contributed by atoms with E-state index in [0.717, 1.165) is 82.3 Å². The highest BCUT2D eigenvalue weighted by atomic mass is 16.6. The average molecular weight is 1430 g/mol. The topological polar surface area (TPSA) is 209 Å². The first-order valence-corrected chi connectivity index (χ1v) is 39.7. The van der Waals surface area contributed by atoms with Gasteiger partial charge in [0, 0.05) is 46.7 Å². The minimum absolute atomic E-state index is 0.0125. The maximum Gasteiger partial charge on any atom is 0.407 e. The van der Waals surface area contributed by atoms with Gasteiger partial charge in [0.05, 0.1) is 33.6 Å². The van der Waals surface area contributed by atoms with Gasteiger partial charge in [0.2, 0.25) is 0 Å². The van der Waals surface area contributed by atoms with Gasteiger partial charge in [-0.05, 0) is 107 Å². The number of nitrogens with one attached hydrogen (secondary N) is 4. The summed E-state index contributed by atoms with van der Waals surface area (Å²) in [4.78, 5) is 78.8. The van der Waals surface area contributed by atoms with E-state index in [0.29, 0.717) is 35.6 Å². The van der Waals surface area contributed by atoms with Crippen LogP contribution in [0.3, 0.4) is 0 Å². The highest BCUT2D eigenvalue weighted by molar-refractivity contribution is 6.32. The van der Waals surface area contributed by atoms with Gasteiger partial charge in [-0.3, -0.25) is 19.2 Å². The summed E-state index contributed by atoms with van der Waals surface area (Å²) in [6.45, 7) is 6.23. The number of hydrogen-bond acceptors (Lipinski definition) is 12. The summed E-state index contributed by atoms with van der Waals surface area (Å²) in [6.07, 6.45) is 37.8. The van der Waals surface area contributed by atoms with E-state index < -0.39 is 12.2 Å². The Balaban J connectivity index is 0.531. The number of phenols is 2. The number of rotatable bonds is 45. The Hall–Kier alpha value is -9.82. The number of benzene rings is 8. The van der Waals surface area contributed by atoms with Crippen molar-refractivity contribution in [1.29, 1.82) is 0 Å². The Morgan fingerprint density at radius 3 is 0.906 bits per heavy atom. The first-order valence-electron chi connectivity index (χ1n) is 39.7. The second-order valence-corrected chi connectivity index (χ2v) is 29.1. The molecule has 0 aliphatic heterocycles. The molecule has 0 heterocycles. The van der Waals surface area contributed by atoms with Crippen LogP contribution in [-0.4, -0.2) is 58.6 Å². The zero-order valence-electron chi connectivity index (χ0n) is 62.5. The Morgan fingerprint density at radius 2 is 0.594 bits per heavy atom. The Bertz CT molecular complexity index is 3900. The normalized spacial score (nSPS) is 12.7. The summed E-state index contributed by atoms with van der Waals surface area (Å²) < 4.78 is 11.1. The van der Waals surface area contributed by atoms with Gasteiger partial charge in [-0.1, -0.05) is 315 Å². The quantitative estimate of drug-likeness (QED) is 0.0156. The SMILES string of the molecule is CCCCCCC(CCCCCCCCCCCNC(=O)OCc1ccc(-c2ccc(Nc3ccc(O)c4c3C(=O)c3ccccc3C4=O)cc2)cc1)C(CCCCCC)CCCCCCCCCCCNC(=O)OCc1ccc(-c2ccc(Nc3ccc(O)c4c3C(=O)c3ccccc3C4=O)cc2)cc1. The summed E-state index contributed by atoms with van der Waals surface area (Å²) in [7, 11) is 0. The fourth-order valence-corrected chi connectivity index (χ4v) is 15.2. The number of ether oxygens (including phenoxy) is 2. The van der Waals surface area contributed by atoms with E-state index in [1.807, 2.05) is 97.1 Å². The molecule has 0 aromatic heterocycles. The zero-order valence-corrected chi connectivity index (χ0v) is 62.5. The monoisotopic (exact) mass is 1430 g/mol. The van der Waals surface area contributed by atoms with Crippen LogP contribution in [0.2, 0.25) is 0 Å². The lowest BCUT2D eigenvalue weighted by molar-refractivity contribution is 0.0977. The fraction of sp³-hybridized carbons (Fsp3) is 0.413. The summed E-state index contributed by atoms with van der Waals surface area (Å²) in [5, 5.41) is 33.6. The minimum atomic E-state index is -0.398. The van der Waals surface area contributed by atoms with Crippen molar-refractivity contribution in [2.24, 2.45) is 11.8 Å². The summed E-state index contributed by atoms with van der Waals surface area (Å²) in [6, 6.07) is 50.8. The van der Waals surface area contributed by atoms with E-state index in [1.54, 1.807) is 60.7 Å². The van der Waals surface area contributed by atoms with E-state index in [9.17, 15) is 39.0 Å². The predicted octanol–water partition coefficient (Wildman–Crippen LogP) is 23.6. The van der Waals surface area contributed by atoms with E-state index in [4.69, 9.17) is 9.47 Å². The highest BCUT2D eigenvalue weighted by Crippen LogP contribution is 2.41. The van der Waals surface area contributed by atoms with Gasteiger partial charge in [-0.2, -0.15) is 0 Å². The van der Waals surface area contributed by atoms with Crippen LogP contribution < -0.4 is 21.3 Å². The number of carbonyl (C=O) groups excluding carboxylic acids is 6. The Morgan fingerprint density at radius 1 is 0.321 bits per heavy atom. The molecule has 10 rings (SSSR count). The molecule has 2 amide bonds. The van der Waals surface area contributed by atoms with Crippen LogP contribution in [0.5, 0.6) is 11.5 Å². The van der Waals surface area contributed by atoms with E-state index in [1.165, 1.54) is 179 Å². The van der Waals surface area contributed by atoms with E-state index in [2.05, 4.69) is 35.1 Å². The molecule has 0 radical (unpaired) electrons. The van der Waals surface area contributed by atoms with Crippen LogP contribution in [0.4, 0.5) is 32.3 Å². The van der Waals surface area contributed by atoms with Crippen molar-refractivity contribution in [1.82, 2.24) is 10.6 Å². The number of alkyl carbamates (subject to hydrolysis) is 2. The van der Waals surface area contributed by atoms with Gasteiger partial charge in [0.1, 0.15) is 24.7 Å². The van der Waals surface area contributed by atoms with Gasteiger partial charge in [0.25, 0.3) is 0 Å². The van der Waals surface area contributed by atoms with Crippen LogP contribution in [0.15, 0.2) is 170 Å². The van der Waals surface area contributed by atoms with Crippen molar-refractivity contribution in [2.45, 2.75) is 220 Å². The van der Waals surface area contributed by atoms with Crippen molar-refractivity contribution in [2.75, 3.05) is 23.7 Å². The third-order valence-corrected chi connectivity index (χ3v) is 21.3. The Labute approximate surface area is 628 Å². The number of fused-ring (bicyclic) bond motifs is 4. The summed E-state index contributed by atoms with van der Waals surface area (Å²) >= 11 is 0. The van der Waals surface area contributed by atoms with Gasteiger partial charge < -0.3 is 41.0 Å². The lowest BCUT2D eigenvalue weighted by atomic mass is 9.78. The van der Waals surface area contributed by atoms with Crippen LogP contribution >= 0.6 is 0 Å². The average Bonchev–Trinajstić information content (AvgIpc) is 0.751. The maximum atomic E-state index is 13.5. The largest absolute Gasteiger partial charge is 0.507 e. The van der Waals surface area contributed by atoms with Crippen LogP contribution in [0, 0.1) is 11.8 Å². The Kier molecular flexibility index (Phi) is 31.0. The second kappa shape index (κ2) is 41.8. The standard InChI is InChI=1S/C92H110N4O10/c1-3-5-7-23-33-67(35-25-19-15-11-9-13-17-21-31-61-93-91(103)105-63-65-41-45-69(46-42-65)71-49-53-73(54-50-71)95-79-57-59-81(97)85-83(79)87(99)75-37-27-29-39-77(75)89(85)101)68(34-24-8-6-4-2)36-26-20-16-12-10-14-18-22-32-62-94-92(104)106-64-66-43-47-70(48-44-66)72-51-55-74(56-52-72)96-80-58-60-82(98)86-84(80)88(100)76-38-28-30-40-78(76)90(86)102/h27-30,37-60,67-68,95-98H,3-26,31-36,61-64H2,1-2H3,(H,93,103)(H,94,104). The maximum absolute atomic E-state index is 13.5. The van der Waals surface area contributed by atoms with Crippen molar-refractivity contribution < 1.29 is 48.5 Å². The number of carbonyl (C=O) groups is 6. The minimum Gasteiger partial charge on any atom is -0.507 e. The molecule has 0 saturated carbocycles. The van der Waals surface area contributed by atoms with Crippen molar-refractivity contribution in [3.8, 4) is 33.8 Å². The zero-order chi connectivity index (χ0) is 74.2. The molecule has 2 unspecified atom stereocenters. The van der Waals surface area contributed by atoms with Gasteiger partial charge in [-0.25, -0.2) is 9.59 Å². The number of ketones is 4. The smallest absolute Gasteiger partial charge is 0.407 e. The molecule has 2 aliphatic carbocycles. The summed E-state index contributed by atoms with van der Waals surface area (Å²) in [5.41, 5.74) is 9.65. The van der Waals surface area contributed by atoms with Crippen LogP contribution in [-0.2, 0) is 22.7 Å². The van der Waals surface area contributed by atoms with Crippen LogP contribution in [0.1, 0.15) is 281 Å². The lowest BCUT2D eigenvalue weighted by Gasteiger charge is -2.28. The fourth-order valence-electron chi connectivity index (χ4n) is 15.2. The molecule has 8 aromatic carbocycles. The molecule has 0 fully saturated rings. The predicted molar refractivity (Wildman–Crippen MR) is 426 cm³/mol. The molecule has 0 bridgehead atoms. The number of hydrogen-bond donors (Lipinski definition) is 6. The third kappa shape index (κ3) is 22.6. The van der Waals surface area contributed by atoms with Gasteiger partial charge in [-0.15, -0.1) is 0 Å². The molecule has 0 spiro atoms. The molecule has 106 heavy (non-hydrogen) atoms. The molecule has 8 aromatic rings. The van der Waals surface area contributed by atoms with Gasteiger partial charge in [0.15, 0.2) is 23.1 Å². The van der Waals surface area contributed by atoms with E-state index >= 15 is 0 Å². The molecule has 0 saturated heterocycles. The second-order valence-electron chi connectivity index (χ2n) is 29.1. The first-order chi connectivity index (χ1) is 51.9. The molecule has 558 valence electrons. The number of phenolic OH excluding ortho intramolecular Hbond substituents is 2. The molecular weight excluding hydrogens is 1320 g/mol. The number of aromatic hydroxyl groups is 2. The molecular formula is C92H110N4O10.